The van der Waals surface area contributed by atoms with E-state index < -0.39 is 5.54 Å². The third kappa shape index (κ3) is 1.93. The lowest BCUT2D eigenvalue weighted by Crippen LogP contribution is -2.32. The summed E-state index contributed by atoms with van der Waals surface area (Å²) in [6.45, 7) is 0. The standard InChI is InChI=1S/C11H12FNO2/c1-15-10(14)11(5-6-11)13-9-4-2-3-8(12)7-9/h2-4,7,13H,5-6H2,1H3. The van der Waals surface area contributed by atoms with Gasteiger partial charge < -0.3 is 10.1 Å². The minimum absolute atomic E-state index is 0.285. The summed E-state index contributed by atoms with van der Waals surface area (Å²) in [6, 6.07) is 6.06. The fraction of sp³-hybridized carbons (Fsp3) is 0.364. The molecule has 0 saturated heterocycles. The van der Waals surface area contributed by atoms with Crippen molar-refractivity contribution in [2.75, 3.05) is 12.4 Å². The van der Waals surface area contributed by atoms with Gasteiger partial charge in [-0.1, -0.05) is 6.07 Å². The normalized spacial score (nSPS) is 16.9. The fourth-order valence-corrected chi connectivity index (χ4v) is 1.54. The number of hydrogen-bond donors (Lipinski definition) is 1. The zero-order chi connectivity index (χ0) is 10.9. The lowest BCUT2D eigenvalue weighted by Gasteiger charge is -2.15. The van der Waals surface area contributed by atoms with Gasteiger partial charge in [0.05, 0.1) is 7.11 Å². The first-order chi connectivity index (χ1) is 7.16. The van der Waals surface area contributed by atoms with Crippen LogP contribution in [0.5, 0.6) is 0 Å². The Bertz CT molecular complexity index is 388. The number of hydrogen-bond acceptors (Lipinski definition) is 3. The number of ether oxygens (including phenoxy) is 1. The maximum absolute atomic E-state index is 12.9. The quantitative estimate of drug-likeness (QED) is 0.773. The van der Waals surface area contributed by atoms with Crippen molar-refractivity contribution in [3.8, 4) is 0 Å². The highest BCUT2D eigenvalue weighted by Gasteiger charge is 2.51. The smallest absolute Gasteiger partial charge is 0.331 e. The number of nitrogens with one attached hydrogen (secondary N) is 1. The van der Waals surface area contributed by atoms with E-state index in [1.807, 2.05) is 0 Å². The van der Waals surface area contributed by atoms with Gasteiger partial charge in [0.15, 0.2) is 0 Å². The lowest BCUT2D eigenvalue weighted by molar-refractivity contribution is -0.142. The van der Waals surface area contributed by atoms with Crippen LogP contribution in [-0.2, 0) is 9.53 Å². The van der Waals surface area contributed by atoms with E-state index in [0.717, 1.165) is 12.8 Å². The van der Waals surface area contributed by atoms with Crippen LogP contribution in [-0.4, -0.2) is 18.6 Å². The van der Waals surface area contributed by atoms with E-state index in [4.69, 9.17) is 0 Å². The number of anilines is 1. The highest BCUT2D eigenvalue weighted by atomic mass is 19.1. The van der Waals surface area contributed by atoms with E-state index in [2.05, 4.69) is 10.1 Å². The maximum atomic E-state index is 12.9. The van der Waals surface area contributed by atoms with Crippen molar-refractivity contribution in [2.45, 2.75) is 18.4 Å². The molecular formula is C11H12FNO2. The molecule has 0 heterocycles. The number of benzene rings is 1. The Kier molecular flexibility index (Phi) is 2.34. The Hall–Kier alpha value is -1.58. The van der Waals surface area contributed by atoms with Crippen LogP contribution >= 0.6 is 0 Å². The van der Waals surface area contributed by atoms with Crippen LogP contribution in [0.15, 0.2) is 24.3 Å². The Morgan fingerprint density at radius 1 is 1.53 bits per heavy atom. The largest absolute Gasteiger partial charge is 0.467 e. The van der Waals surface area contributed by atoms with Crippen molar-refractivity contribution in [3.05, 3.63) is 30.1 Å². The van der Waals surface area contributed by atoms with Crippen LogP contribution in [0.25, 0.3) is 0 Å². The lowest BCUT2D eigenvalue weighted by atomic mass is 10.2. The zero-order valence-corrected chi connectivity index (χ0v) is 8.42. The fourth-order valence-electron chi connectivity index (χ4n) is 1.54. The second kappa shape index (κ2) is 3.53. The van der Waals surface area contributed by atoms with Gasteiger partial charge >= 0.3 is 5.97 Å². The monoisotopic (exact) mass is 209 g/mol. The first-order valence-electron chi connectivity index (χ1n) is 4.78. The Balaban J connectivity index is 2.12. The van der Waals surface area contributed by atoms with Gasteiger partial charge in [-0.05, 0) is 31.0 Å². The number of methoxy groups -OCH3 is 1. The van der Waals surface area contributed by atoms with Crippen molar-refractivity contribution >= 4 is 11.7 Å². The molecule has 4 heteroatoms. The molecule has 15 heavy (non-hydrogen) atoms. The van der Waals surface area contributed by atoms with Gasteiger partial charge in [-0.15, -0.1) is 0 Å². The number of halogens is 1. The highest BCUT2D eigenvalue weighted by molar-refractivity contribution is 5.87. The first-order valence-corrected chi connectivity index (χ1v) is 4.78. The van der Waals surface area contributed by atoms with Crippen LogP contribution in [0.2, 0.25) is 0 Å². The van der Waals surface area contributed by atoms with Gasteiger partial charge in [-0.3, -0.25) is 0 Å². The second-order valence-corrected chi connectivity index (χ2v) is 3.71. The van der Waals surface area contributed by atoms with E-state index >= 15 is 0 Å². The highest BCUT2D eigenvalue weighted by Crippen LogP contribution is 2.39. The van der Waals surface area contributed by atoms with E-state index in [1.54, 1.807) is 12.1 Å². The molecule has 1 aromatic rings. The Morgan fingerprint density at radius 2 is 2.27 bits per heavy atom. The van der Waals surface area contributed by atoms with E-state index in [1.165, 1.54) is 19.2 Å². The molecular weight excluding hydrogens is 197 g/mol. The van der Waals surface area contributed by atoms with Crippen LogP contribution < -0.4 is 5.32 Å². The second-order valence-electron chi connectivity index (χ2n) is 3.71. The molecule has 0 unspecified atom stereocenters. The molecule has 3 nitrogen and oxygen atoms in total. The van der Waals surface area contributed by atoms with E-state index in [0.29, 0.717) is 5.69 Å². The molecule has 2 rings (SSSR count). The van der Waals surface area contributed by atoms with Crippen LogP contribution in [0.1, 0.15) is 12.8 Å². The summed E-state index contributed by atoms with van der Waals surface area (Å²) in [5.41, 5.74) is -0.0133. The van der Waals surface area contributed by atoms with Crippen molar-refractivity contribution in [2.24, 2.45) is 0 Å². The van der Waals surface area contributed by atoms with Gasteiger partial charge in [-0.25, -0.2) is 9.18 Å². The van der Waals surface area contributed by atoms with Crippen LogP contribution in [0.3, 0.4) is 0 Å². The molecule has 0 radical (unpaired) electrons. The summed E-state index contributed by atoms with van der Waals surface area (Å²) in [5, 5.41) is 3.01. The molecule has 1 N–H and O–H groups in total. The van der Waals surface area contributed by atoms with Crippen molar-refractivity contribution in [3.63, 3.8) is 0 Å². The molecule has 0 bridgehead atoms. The Labute approximate surface area is 87.2 Å². The predicted octanol–water partition coefficient (Wildman–Crippen LogP) is 1.94. The van der Waals surface area contributed by atoms with Crippen LogP contribution in [0.4, 0.5) is 10.1 Å². The van der Waals surface area contributed by atoms with Gasteiger partial charge in [0.2, 0.25) is 0 Å². The summed E-state index contributed by atoms with van der Waals surface area (Å²) >= 11 is 0. The predicted molar refractivity (Wildman–Crippen MR) is 54.0 cm³/mol. The van der Waals surface area contributed by atoms with Crippen molar-refractivity contribution in [1.82, 2.24) is 0 Å². The number of esters is 1. The topological polar surface area (TPSA) is 38.3 Å². The molecule has 1 aliphatic rings. The molecule has 1 saturated carbocycles. The van der Waals surface area contributed by atoms with Crippen LogP contribution in [0, 0.1) is 5.82 Å². The molecule has 0 aliphatic heterocycles. The molecule has 1 aliphatic carbocycles. The third-order valence-corrected chi connectivity index (χ3v) is 2.53. The zero-order valence-electron chi connectivity index (χ0n) is 8.42. The van der Waals surface area contributed by atoms with Gasteiger partial charge in [0, 0.05) is 5.69 Å². The van der Waals surface area contributed by atoms with Gasteiger partial charge in [0.25, 0.3) is 0 Å². The number of carbonyl (C=O) groups is 1. The van der Waals surface area contributed by atoms with Gasteiger partial charge in [-0.2, -0.15) is 0 Å². The number of rotatable bonds is 3. The van der Waals surface area contributed by atoms with Crippen molar-refractivity contribution < 1.29 is 13.9 Å². The summed E-state index contributed by atoms with van der Waals surface area (Å²) in [7, 11) is 1.36. The minimum atomic E-state index is -0.622. The molecule has 0 spiro atoms. The number of carbonyl (C=O) groups excluding carboxylic acids is 1. The molecule has 0 amide bonds. The molecule has 80 valence electrons. The van der Waals surface area contributed by atoms with E-state index in [-0.39, 0.29) is 11.8 Å². The summed E-state index contributed by atoms with van der Waals surface area (Å²) in [4.78, 5) is 11.4. The molecule has 1 aromatic carbocycles. The summed E-state index contributed by atoms with van der Waals surface area (Å²) in [5.74, 6) is -0.604. The van der Waals surface area contributed by atoms with Crippen molar-refractivity contribution in [1.29, 1.82) is 0 Å². The van der Waals surface area contributed by atoms with Gasteiger partial charge in [0.1, 0.15) is 11.4 Å². The summed E-state index contributed by atoms with van der Waals surface area (Å²) < 4.78 is 17.6. The summed E-state index contributed by atoms with van der Waals surface area (Å²) in [6.07, 6.45) is 1.46. The minimum Gasteiger partial charge on any atom is -0.467 e. The SMILES string of the molecule is COC(=O)C1(Nc2cccc(F)c2)CC1. The molecule has 1 fully saturated rings. The first kappa shape index (κ1) is 9.96. The average Bonchev–Trinajstić information content (AvgIpc) is 2.98. The Morgan fingerprint density at radius 3 is 2.80 bits per heavy atom. The average molecular weight is 209 g/mol. The maximum Gasteiger partial charge on any atom is 0.331 e. The van der Waals surface area contributed by atoms with E-state index in [9.17, 15) is 9.18 Å². The molecule has 0 aromatic heterocycles. The third-order valence-electron chi connectivity index (χ3n) is 2.53. The molecule has 0 atom stereocenters.